The maximum Gasteiger partial charge on any atom is 0.335 e. The number of aromatic carboxylic acids is 1. The predicted octanol–water partition coefficient (Wildman–Crippen LogP) is 2.17. The zero-order valence-corrected chi connectivity index (χ0v) is 15.3. The first-order valence-electron chi connectivity index (χ1n) is 8.20. The maximum atomic E-state index is 12.4. The van der Waals surface area contributed by atoms with Gasteiger partial charge in [0.25, 0.3) is 0 Å². The molecule has 1 heterocycles. The molecule has 1 atom stereocenters. The second-order valence-corrected chi connectivity index (χ2v) is 8.93. The van der Waals surface area contributed by atoms with Crippen LogP contribution in [0, 0.1) is 5.92 Å². The minimum atomic E-state index is -3.66. The monoisotopic (exact) mass is 354 g/mol. The third kappa shape index (κ3) is 4.55. The van der Waals surface area contributed by atoms with Crippen LogP contribution in [0.25, 0.3) is 0 Å². The summed E-state index contributed by atoms with van der Waals surface area (Å²) in [5.74, 6) is -0.453. The Balaban J connectivity index is 2.04. The Morgan fingerprint density at radius 1 is 1.33 bits per heavy atom. The number of likely N-dealkylation sites (tertiary alicyclic amines) is 1. The molecule has 0 bridgehead atoms. The van der Waals surface area contributed by atoms with Gasteiger partial charge in [-0.25, -0.2) is 17.9 Å². The molecular formula is C17H26N2O4S. The highest BCUT2D eigenvalue weighted by atomic mass is 32.2. The molecule has 7 heteroatoms. The van der Waals surface area contributed by atoms with E-state index in [1.165, 1.54) is 30.7 Å². The molecule has 2 N–H and O–H groups in total. The van der Waals surface area contributed by atoms with E-state index in [0.717, 1.165) is 19.5 Å². The van der Waals surface area contributed by atoms with E-state index in [2.05, 4.69) is 16.5 Å². The second kappa shape index (κ2) is 7.21. The Hall–Kier alpha value is -1.44. The summed E-state index contributed by atoms with van der Waals surface area (Å²) < 4.78 is 27.5. The molecule has 0 amide bonds. The Kier molecular flexibility index (Phi) is 5.67. The van der Waals surface area contributed by atoms with E-state index in [4.69, 9.17) is 5.11 Å². The van der Waals surface area contributed by atoms with Crippen LogP contribution >= 0.6 is 0 Å². The lowest BCUT2D eigenvalue weighted by Gasteiger charge is -2.43. The van der Waals surface area contributed by atoms with Gasteiger partial charge in [-0.3, -0.25) is 4.90 Å². The molecule has 1 fully saturated rings. The van der Waals surface area contributed by atoms with Gasteiger partial charge in [-0.1, -0.05) is 6.92 Å². The zero-order chi connectivity index (χ0) is 18.0. The van der Waals surface area contributed by atoms with Crippen molar-refractivity contribution < 1.29 is 18.3 Å². The molecule has 134 valence electrons. The van der Waals surface area contributed by atoms with Crippen molar-refractivity contribution in [1.29, 1.82) is 0 Å². The van der Waals surface area contributed by atoms with Gasteiger partial charge >= 0.3 is 5.97 Å². The number of benzene rings is 1. The van der Waals surface area contributed by atoms with Gasteiger partial charge in [-0.15, -0.1) is 0 Å². The Morgan fingerprint density at radius 2 is 1.96 bits per heavy atom. The van der Waals surface area contributed by atoms with E-state index in [1.807, 2.05) is 13.8 Å². The standard InChI is InChI=1S/C17H26N2O4S/c1-13-5-4-10-19(11-13)17(2,3)12-18-24(22,23)15-8-6-14(7-9-15)16(20)21/h6-9,13,18H,4-5,10-12H2,1-3H3,(H,20,21). The first-order valence-corrected chi connectivity index (χ1v) is 9.68. The van der Waals surface area contributed by atoms with Crippen molar-refractivity contribution in [3.8, 4) is 0 Å². The quantitative estimate of drug-likeness (QED) is 0.818. The van der Waals surface area contributed by atoms with E-state index in [0.29, 0.717) is 12.5 Å². The van der Waals surface area contributed by atoms with Gasteiger partial charge in [0.1, 0.15) is 0 Å². The first-order chi connectivity index (χ1) is 11.1. The van der Waals surface area contributed by atoms with Crippen LogP contribution in [0.1, 0.15) is 44.0 Å². The van der Waals surface area contributed by atoms with Gasteiger partial charge < -0.3 is 5.11 Å². The number of nitrogens with zero attached hydrogens (tertiary/aromatic N) is 1. The molecule has 1 aromatic rings. The summed E-state index contributed by atoms with van der Waals surface area (Å²) in [6.07, 6.45) is 2.35. The highest BCUT2D eigenvalue weighted by molar-refractivity contribution is 7.89. The normalized spacial score (nSPS) is 20.0. The van der Waals surface area contributed by atoms with E-state index in [-0.39, 0.29) is 16.0 Å². The number of rotatable bonds is 6. The maximum absolute atomic E-state index is 12.4. The van der Waals surface area contributed by atoms with Crippen LogP contribution in [0.15, 0.2) is 29.2 Å². The topological polar surface area (TPSA) is 86.7 Å². The number of hydrogen-bond donors (Lipinski definition) is 2. The smallest absolute Gasteiger partial charge is 0.335 e. The van der Waals surface area contributed by atoms with Crippen LogP contribution in [0.3, 0.4) is 0 Å². The summed E-state index contributed by atoms with van der Waals surface area (Å²) >= 11 is 0. The molecule has 6 nitrogen and oxygen atoms in total. The van der Waals surface area contributed by atoms with Crippen LogP contribution in [0.4, 0.5) is 0 Å². The molecule has 0 spiro atoms. The van der Waals surface area contributed by atoms with Crippen molar-refractivity contribution in [2.24, 2.45) is 5.92 Å². The van der Waals surface area contributed by atoms with E-state index in [9.17, 15) is 13.2 Å². The van der Waals surface area contributed by atoms with Gasteiger partial charge in [0.15, 0.2) is 0 Å². The van der Waals surface area contributed by atoms with Crippen LogP contribution in [0.5, 0.6) is 0 Å². The Bertz CT molecular complexity index is 683. The van der Waals surface area contributed by atoms with E-state index < -0.39 is 16.0 Å². The molecule has 1 aliphatic heterocycles. The van der Waals surface area contributed by atoms with Crippen LogP contribution in [0.2, 0.25) is 0 Å². The molecule has 24 heavy (non-hydrogen) atoms. The summed E-state index contributed by atoms with van der Waals surface area (Å²) in [6.45, 7) is 8.57. The summed E-state index contributed by atoms with van der Waals surface area (Å²) in [4.78, 5) is 13.3. The van der Waals surface area contributed by atoms with E-state index in [1.54, 1.807) is 0 Å². The lowest BCUT2D eigenvalue weighted by Crippen LogP contribution is -2.54. The van der Waals surface area contributed by atoms with Crippen molar-refractivity contribution in [2.75, 3.05) is 19.6 Å². The molecule has 1 aromatic carbocycles. The van der Waals surface area contributed by atoms with E-state index >= 15 is 0 Å². The molecule has 0 aliphatic carbocycles. The largest absolute Gasteiger partial charge is 0.478 e. The molecule has 1 aliphatic rings. The lowest BCUT2D eigenvalue weighted by atomic mass is 9.94. The van der Waals surface area contributed by atoms with Crippen molar-refractivity contribution in [2.45, 2.75) is 44.0 Å². The molecule has 0 aromatic heterocycles. The zero-order valence-electron chi connectivity index (χ0n) is 14.4. The summed E-state index contributed by atoms with van der Waals surface area (Å²) in [5, 5.41) is 8.88. The highest BCUT2D eigenvalue weighted by Gasteiger charge is 2.31. The van der Waals surface area contributed by atoms with Gasteiger partial charge in [0.2, 0.25) is 10.0 Å². The third-order valence-corrected chi connectivity index (χ3v) is 6.04. The van der Waals surface area contributed by atoms with Crippen LogP contribution in [-0.4, -0.2) is 49.6 Å². The van der Waals surface area contributed by atoms with Crippen LogP contribution < -0.4 is 4.72 Å². The Morgan fingerprint density at radius 3 is 2.50 bits per heavy atom. The average Bonchev–Trinajstić information content (AvgIpc) is 2.53. The number of hydrogen-bond acceptors (Lipinski definition) is 4. The van der Waals surface area contributed by atoms with Crippen molar-refractivity contribution >= 4 is 16.0 Å². The van der Waals surface area contributed by atoms with Crippen molar-refractivity contribution in [3.05, 3.63) is 29.8 Å². The number of carboxylic acid groups (broad SMARTS) is 1. The minimum absolute atomic E-state index is 0.0663. The molecule has 0 radical (unpaired) electrons. The van der Waals surface area contributed by atoms with Crippen LogP contribution in [-0.2, 0) is 10.0 Å². The fourth-order valence-electron chi connectivity index (χ4n) is 2.98. The first kappa shape index (κ1) is 18.9. The molecule has 0 saturated carbocycles. The van der Waals surface area contributed by atoms with Crippen molar-refractivity contribution in [1.82, 2.24) is 9.62 Å². The Labute approximate surface area is 143 Å². The SMILES string of the molecule is CC1CCCN(C(C)(C)CNS(=O)(=O)c2ccc(C(=O)O)cc2)C1. The number of sulfonamides is 1. The average molecular weight is 354 g/mol. The van der Waals surface area contributed by atoms with Gasteiger partial charge in [0.05, 0.1) is 10.5 Å². The lowest BCUT2D eigenvalue weighted by molar-refractivity contribution is 0.0696. The number of carboxylic acids is 1. The molecule has 2 rings (SSSR count). The summed E-state index contributed by atoms with van der Waals surface area (Å²) in [6, 6.07) is 5.24. The predicted molar refractivity (Wildman–Crippen MR) is 92.6 cm³/mol. The number of piperidine rings is 1. The molecule has 1 saturated heterocycles. The highest BCUT2D eigenvalue weighted by Crippen LogP contribution is 2.24. The number of carbonyl (C=O) groups is 1. The fraction of sp³-hybridized carbons (Fsp3) is 0.588. The van der Waals surface area contributed by atoms with Crippen molar-refractivity contribution in [3.63, 3.8) is 0 Å². The fourth-order valence-corrected chi connectivity index (χ4v) is 4.19. The van der Waals surface area contributed by atoms with Gasteiger partial charge in [-0.05, 0) is 63.4 Å². The minimum Gasteiger partial charge on any atom is -0.478 e. The second-order valence-electron chi connectivity index (χ2n) is 7.16. The summed E-state index contributed by atoms with van der Waals surface area (Å²) in [5.41, 5.74) is -0.209. The molecular weight excluding hydrogens is 328 g/mol. The third-order valence-electron chi connectivity index (χ3n) is 4.62. The molecule has 1 unspecified atom stereocenters. The van der Waals surface area contributed by atoms with Gasteiger partial charge in [-0.2, -0.15) is 0 Å². The number of nitrogens with one attached hydrogen (secondary N) is 1. The summed E-state index contributed by atoms with van der Waals surface area (Å²) in [7, 11) is -3.66. The van der Waals surface area contributed by atoms with Gasteiger partial charge in [0, 0.05) is 18.6 Å².